The third-order valence-corrected chi connectivity index (χ3v) is 3.65. The van der Waals surface area contributed by atoms with Gasteiger partial charge in [-0.05, 0) is 25.1 Å². The second kappa shape index (κ2) is 6.52. The smallest absolute Gasteiger partial charge is 0.319 e. The number of esters is 1. The van der Waals surface area contributed by atoms with Crippen molar-refractivity contribution >= 4 is 17.6 Å². The summed E-state index contributed by atoms with van der Waals surface area (Å²) in [6.45, 7) is 3.44. The van der Waals surface area contributed by atoms with Gasteiger partial charge in [0.15, 0.2) is 0 Å². The van der Waals surface area contributed by atoms with Crippen LogP contribution in [-0.4, -0.2) is 49.6 Å². The number of anilines is 1. The minimum absolute atomic E-state index is 0.0574. The highest BCUT2D eigenvalue weighted by atomic mass is 16.5. The Hall–Kier alpha value is -1.88. The van der Waals surface area contributed by atoms with Crippen LogP contribution in [0.2, 0.25) is 0 Å². The number of para-hydroxylation sites is 1. The molecule has 0 unspecified atom stereocenters. The molecule has 1 heterocycles. The van der Waals surface area contributed by atoms with Crippen LogP contribution in [0.1, 0.15) is 13.3 Å². The van der Waals surface area contributed by atoms with Crippen LogP contribution in [0.25, 0.3) is 0 Å². The molecule has 0 spiro atoms. The molecule has 2 rings (SSSR count). The molecule has 1 aliphatic rings. The van der Waals surface area contributed by atoms with Gasteiger partial charge in [0, 0.05) is 12.2 Å². The Morgan fingerprint density at radius 1 is 1.40 bits per heavy atom. The van der Waals surface area contributed by atoms with E-state index in [4.69, 9.17) is 0 Å². The summed E-state index contributed by atoms with van der Waals surface area (Å²) in [6, 6.07) is 9.38. The van der Waals surface area contributed by atoms with E-state index in [9.17, 15) is 9.59 Å². The SMILES string of the molecule is CCN(CC(=O)OC)[C@@H]1CCN(c2ccccc2)C1=O. The monoisotopic (exact) mass is 276 g/mol. The summed E-state index contributed by atoms with van der Waals surface area (Å²) in [7, 11) is 1.36. The Morgan fingerprint density at radius 3 is 2.70 bits per heavy atom. The summed E-state index contributed by atoms with van der Waals surface area (Å²) in [5, 5.41) is 0. The van der Waals surface area contributed by atoms with Crippen molar-refractivity contribution in [2.24, 2.45) is 0 Å². The summed E-state index contributed by atoms with van der Waals surface area (Å²) in [4.78, 5) is 27.6. The molecule has 0 saturated carbocycles. The summed E-state index contributed by atoms with van der Waals surface area (Å²) in [5.74, 6) is -0.250. The maximum absolute atomic E-state index is 12.5. The first-order valence-corrected chi connectivity index (χ1v) is 6.84. The minimum Gasteiger partial charge on any atom is -0.468 e. The second-order valence-corrected chi connectivity index (χ2v) is 4.77. The largest absolute Gasteiger partial charge is 0.468 e. The molecule has 1 saturated heterocycles. The van der Waals surface area contributed by atoms with Crippen molar-refractivity contribution in [3.05, 3.63) is 30.3 Å². The Labute approximate surface area is 119 Å². The van der Waals surface area contributed by atoms with Crippen LogP contribution in [0.4, 0.5) is 5.69 Å². The molecule has 0 bridgehead atoms. The molecule has 1 aromatic carbocycles. The van der Waals surface area contributed by atoms with Crippen LogP contribution in [-0.2, 0) is 14.3 Å². The predicted molar refractivity (Wildman–Crippen MR) is 76.5 cm³/mol. The lowest BCUT2D eigenvalue weighted by Crippen LogP contribution is -2.44. The zero-order valence-electron chi connectivity index (χ0n) is 11.9. The van der Waals surface area contributed by atoms with Crippen molar-refractivity contribution < 1.29 is 14.3 Å². The average Bonchev–Trinajstić information content (AvgIpc) is 2.87. The van der Waals surface area contributed by atoms with Gasteiger partial charge in [0.25, 0.3) is 0 Å². The maximum Gasteiger partial charge on any atom is 0.319 e. The van der Waals surface area contributed by atoms with Crippen molar-refractivity contribution in [3.63, 3.8) is 0 Å². The lowest BCUT2D eigenvalue weighted by molar-refractivity contribution is -0.142. The molecule has 0 radical (unpaired) electrons. The first kappa shape index (κ1) is 14.5. The van der Waals surface area contributed by atoms with Crippen LogP contribution in [0, 0.1) is 0 Å². The van der Waals surface area contributed by atoms with E-state index in [2.05, 4.69) is 4.74 Å². The first-order chi connectivity index (χ1) is 9.67. The van der Waals surface area contributed by atoms with E-state index in [1.165, 1.54) is 7.11 Å². The highest BCUT2D eigenvalue weighted by molar-refractivity contribution is 5.99. The lowest BCUT2D eigenvalue weighted by atomic mass is 10.2. The number of amides is 1. The number of nitrogens with zero attached hydrogens (tertiary/aromatic N) is 2. The number of benzene rings is 1. The molecular formula is C15H20N2O3. The number of carbonyl (C=O) groups excluding carboxylic acids is 2. The standard InChI is InChI=1S/C15H20N2O3/c1-3-16(11-14(18)20-2)13-9-10-17(15(13)19)12-7-5-4-6-8-12/h4-8,13H,3,9-11H2,1-2H3/t13-/m1/s1. The average molecular weight is 276 g/mol. The Morgan fingerprint density at radius 2 is 2.10 bits per heavy atom. The zero-order valence-corrected chi connectivity index (χ0v) is 11.9. The normalized spacial score (nSPS) is 18.6. The maximum atomic E-state index is 12.5. The molecule has 5 heteroatoms. The number of rotatable bonds is 5. The summed E-state index contributed by atoms with van der Waals surface area (Å²) in [5.41, 5.74) is 0.911. The fourth-order valence-corrected chi connectivity index (χ4v) is 2.54. The van der Waals surface area contributed by atoms with Crippen molar-refractivity contribution in [3.8, 4) is 0 Å². The number of hydrogen-bond acceptors (Lipinski definition) is 4. The Balaban J connectivity index is 2.08. The molecule has 1 aliphatic heterocycles. The predicted octanol–water partition coefficient (Wildman–Crippen LogP) is 1.29. The van der Waals surface area contributed by atoms with Gasteiger partial charge in [-0.15, -0.1) is 0 Å². The zero-order chi connectivity index (χ0) is 14.5. The minimum atomic E-state index is -0.308. The Kier molecular flexibility index (Phi) is 4.74. The van der Waals surface area contributed by atoms with Gasteiger partial charge in [-0.3, -0.25) is 14.5 Å². The van der Waals surface area contributed by atoms with Crippen LogP contribution >= 0.6 is 0 Å². The summed E-state index contributed by atoms with van der Waals surface area (Å²) < 4.78 is 4.68. The molecule has 1 fully saturated rings. The van der Waals surface area contributed by atoms with E-state index in [-0.39, 0.29) is 24.5 Å². The highest BCUT2D eigenvalue weighted by Gasteiger charge is 2.36. The van der Waals surface area contributed by atoms with Crippen LogP contribution in [0.15, 0.2) is 30.3 Å². The summed E-state index contributed by atoms with van der Waals surface area (Å²) in [6.07, 6.45) is 0.735. The third kappa shape index (κ3) is 2.99. The molecule has 1 amide bonds. The molecule has 20 heavy (non-hydrogen) atoms. The number of carbonyl (C=O) groups is 2. The first-order valence-electron chi connectivity index (χ1n) is 6.84. The lowest BCUT2D eigenvalue weighted by Gasteiger charge is -2.25. The van der Waals surface area contributed by atoms with Gasteiger partial charge >= 0.3 is 5.97 Å². The topological polar surface area (TPSA) is 49.9 Å². The van der Waals surface area contributed by atoms with Gasteiger partial charge < -0.3 is 9.64 Å². The van der Waals surface area contributed by atoms with Crippen molar-refractivity contribution in [2.75, 3.05) is 31.6 Å². The van der Waals surface area contributed by atoms with Gasteiger partial charge in [-0.25, -0.2) is 0 Å². The number of ether oxygens (including phenoxy) is 1. The third-order valence-electron chi connectivity index (χ3n) is 3.65. The van der Waals surface area contributed by atoms with Gasteiger partial charge in [0.05, 0.1) is 19.7 Å². The number of methoxy groups -OCH3 is 1. The second-order valence-electron chi connectivity index (χ2n) is 4.77. The van der Waals surface area contributed by atoms with E-state index in [0.717, 1.165) is 12.1 Å². The molecule has 108 valence electrons. The van der Waals surface area contributed by atoms with Crippen molar-refractivity contribution in [1.29, 1.82) is 0 Å². The molecule has 0 N–H and O–H groups in total. The number of hydrogen-bond donors (Lipinski definition) is 0. The van der Waals surface area contributed by atoms with E-state index < -0.39 is 0 Å². The van der Waals surface area contributed by atoms with Crippen molar-refractivity contribution in [2.45, 2.75) is 19.4 Å². The molecule has 1 atom stereocenters. The van der Waals surface area contributed by atoms with E-state index in [0.29, 0.717) is 13.1 Å². The quantitative estimate of drug-likeness (QED) is 0.760. The van der Waals surface area contributed by atoms with E-state index >= 15 is 0 Å². The number of likely N-dealkylation sites (N-methyl/N-ethyl adjacent to an activating group) is 1. The van der Waals surface area contributed by atoms with Gasteiger partial charge in [0.2, 0.25) is 5.91 Å². The Bertz CT molecular complexity index is 475. The molecule has 0 aliphatic carbocycles. The van der Waals surface area contributed by atoms with Crippen LogP contribution in [0.5, 0.6) is 0 Å². The summed E-state index contributed by atoms with van der Waals surface area (Å²) >= 11 is 0. The highest BCUT2D eigenvalue weighted by Crippen LogP contribution is 2.24. The molecular weight excluding hydrogens is 256 g/mol. The molecule has 1 aromatic rings. The van der Waals surface area contributed by atoms with Crippen LogP contribution in [0.3, 0.4) is 0 Å². The fourth-order valence-electron chi connectivity index (χ4n) is 2.54. The van der Waals surface area contributed by atoms with E-state index in [1.54, 1.807) is 4.90 Å². The van der Waals surface area contributed by atoms with Gasteiger partial charge in [0.1, 0.15) is 0 Å². The van der Waals surface area contributed by atoms with Crippen molar-refractivity contribution in [1.82, 2.24) is 4.90 Å². The molecule has 5 nitrogen and oxygen atoms in total. The van der Waals surface area contributed by atoms with E-state index in [1.807, 2.05) is 42.2 Å². The van der Waals surface area contributed by atoms with Crippen LogP contribution < -0.4 is 4.90 Å². The fraction of sp³-hybridized carbons (Fsp3) is 0.467. The van der Waals surface area contributed by atoms with Gasteiger partial charge in [-0.2, -0.15) is 0 Å². The molecule has 0 aromatic heterocycles. The van der Waals surface area contributed by atoms with Gasteiger partial charge in [-0.1, -0.05) is 25.1 Å².